The summed E-state index contributed by atoms with van der Waals surface area (Å²) < 4.78 is 10.7. The molecule has 0 aliphatic carbocycles. The van der Waals surface area contributed by atoms with E-state index in [-0.39, 0.29) is 12.0 Å². The fraction of sp³-hybridized carbons (Fsp3) is 0.357. The predicted octanol–water partition coefficient (Wildman–Crippen LogP) is 2.60. The summed E-state index contributed by atoms with van der Waals surface area (Å²) in [7, 11) is 1.63. The molecule has 0 radical (unpaired) electrons. The maximum absolute atomic E-state index is 10.7. The Kier molecular flexibility index (Phi) is 5.43. The monoisotopic (exact) mass is 234 g/mol. The Labute approximate surface area is 102 Å². The Hall–Kier alpha value is -1.61. The minimum atomic E-state index is -0.241. The smallest absolute Gasteiger partial charge is 0.125 e. The van der Waals surface area contributed by atoms with Gasteiger partial charge in [0.2, 0.25) is 0 Å². The van der Waals surface area contributed by atoms with E-state index in [0.717, 1.165) is 17.6 Å². The molecular weight excluding hydrogens is 216 g/mol. The highest BCUT2D eigenvalue weighted by atomic mass is 16.5. The van der Waals surface area contributed by atoms with Crippen LogP contribution in [0.5, 0.6) is 5.75 Å². The molecule has 0 aliphatic rings. The second-order valence-electron chi connectivity index (χ2n) is 3.85. The van der Waals surface area contributed by atoms with E-state index >= 15 is 0 Å². The van der Waals surface area contributed by atoms with Crippen molar-refractivity contribution in [3.63, 3.8) is 0 Å². The standard InChI is InChI=1S/C14H18O3/c1-4-14(11(2)9-15)17-10-12-5-7-13(16-3)8-6-12/h4-9,11,14H,1,10H2,2-3H3/t11-,14+/m0/s1. The lowest BCUT2D eigenvalue weighted by molar-refractivity contribution is -0.114. The van der Waals surface area contributed by atoms with Crippen molar-refractivity contribution in [2.24, 2.45) is 5.92 Å². The van der Waals surface area contributed by atoms with Crippen molar-refractivity contribution >= 4 is 6.29 Å². The van der Waals surface area contributed by atoms with E-state index in [9.17, 15) is 4.79 Å². The Balaban J connectivity index is 2.53. The molecule has 0 amide bonds. The Morgan fingerprint density at radius 1 is 1.35 bits per heavy atom. The molecule has 0 bridgehead atoms. The highest BCUT2D eigenvalue weighted by Gasteiger charge is 2.13. The van der Waals surface area contributed by atoms with Gasteiger partial charge in [-0.25, -0.2) is 0 Å². The minimum absolute atomic E-state index is 0.175. The number of hydrogen-bond donors (Lipinski definition) is 0. The van der Waals surface area contributed by atoms with Gasteiger partial charge in [-0.05, 0) is 17.7 Å². The third-order valence-corrected chi connectivity index (χ3v) is 2.57. The molecule has 1 aromatic carbocycles. The molecule has 0 N–H and O–H groups in total. The van der Waals surface area contributed by atoms with Gasteiger partial charge in [0.15, 0.2) is 0 Å². The number of carbonyl (C=O) groups excluding carboxylic acids is 1. The molecule has 0 spiro atoms. The molecule has 17 heavy (non-hydrogen) atoms. The van der Waals surface area contributed by atoms with E-state index in [1.54, 1.807) is 13.2 Å². The third-order valence-electron chi connectivity index (χ3n) is 2.57. The van der Waals surface area contributed by atoms with Crippen LogP contribution in [0.3, 0.4) is 0 Å². The first-order valence-electron chi connectivity index (χ1n) is 5.53. The first-order valence-corrected chi connectivity index (χ1v) is 5.53. The molecule has 0 aliphatic heterocycles. The molecule has 0 fully saturated rings. The van der Waals surface area contributed by atoms with Crippen LogP contribution in [0.1, 0.15) is 12.5 Å². The minimum Gasteiger partial charge on any atom is -0.497 e. The van der Waals surface area contributed by atoms with Crippen molar-refractivity contribution < 1.29 is 14.3 Å². The van der Waals surface area contributed by atoms with Crippen molar-refractivity contribution in [3.8, 4) is 5.75 Å². The first-order chi connectivity index (χ1) is 8.21. The quantitative estimate of drug-likeness (QED) is 0.537. The summed E-state index contributed by atoms with van der Waals surface area (Å²) in [5.74, 6) is 0.640. The van der Waals surface area contributed by atoms with Crippen molar-refractivity contribution in [2.45, 2.75) is 19.6 Å². The number of benzene rings is 1. The van der Waals surface area contributed by atoms with Crippen LogP contribution in [0.4, 0.5) is 0 Å². The Morgan fingerprint density at radius 2 is 2.00 bits per heavy atom. The molecule has 0 saturated heterocycles. The lowest BCUT2D eigenvalue weighted by Crippen LogP contribution is -2.20. The summed E-state index contributed by atoms with van der Waals surface area (Å²) in [6.07, 6.45) is 2.29. The van der Waals surface area contributed by atoms with E-state index < -0.39 is 0 Å². The van der Waals surface area contributed by atoms with Gasteiger partial charge in [0.25, 0.3) is 0 Å². The Bertz CT molecular complexity index is 356. The zero-order chi connectivity index (χ0) is 12.7. The number of aldehydes is 1. The van der Waals surface area contributed by atoms with E-state index in [1.807, 2.05) is 31.2 Å². The summed E-state index contributed by atoms with van der Waals surface area (Å²) in [6.45, 7) is 5.94. The van der Waals surface area contributed by atoms with Gasteiger partial charge < -0.3 is 14.3 Å². The summed E-state index contributed by atoms with van der Waals surface area (Å²) in [5.41, 5.74) is 1.04. The van der Waals surface area contributed by atoms with Crippen molar-refractivity contribution in [1.29, 1.82) is 0 Å². The Morgan fingerprint density at radius 3 is 2.47 bits per heavy atom. The van der Waals surface area contributed by atoms with Gasteiger partial charge in [-0.1, -0.05) is 25.1 Å². The molecule has 92 valence electrons. The summed E-state index contributed by atoms with van der Waals surface area (Å²) in [6, 6.07) is 7.63. The van der Waals surface area contributed by atoms with Crippen molar-refractivity contribution in [3.05, 3.63) is 42.5 Å². The van der Waals surface area contributed by atoms with Crippen LogP contribution in [0.25, 0.3) is 0 Å². The molecular formula is C14H18O3. The molecule has 0 heterocycles. The van der Waals surface area contributed by atoms with Gasteiger partial charge in [0.1, 0.15) is 12.0 Å². The van der Waals surface area contributed by atoms with Crippen LogP contribution in [0.15, 0.2) is 36.9 Å². The molecule has 1 aromatic rings. The maximum atomic E-state index is 10.7. The highest BCUT2D eigenvalue weighted by Crippen LogP contribution is 2.14. The second-order valence-corrected chi connectivity index (χ2v) is 3.85. The van der Waals surface area contributed by atoms with Gasteiger partial charge in [-0.2, -0.15) is 0 Å². The zero-order valence-electron chi connectivity index (χ0n) is 10.3. The van der Waals surface area contributed by atoms with Gasteiger partial charge in [-0.15, -0.1) is 6.58 Å². The van der Waals surface area contributed by atoms with E-state index in [4.69, 9.17) is 9.47 Å². The SMILES string of the molecule is C=C[C@@H](OCc1ccc(OC)cc1)[C@@H](C)C=O. The average Bonchev–Trinajstić information content (AvgIpc) is 2.39. The van der Waals surface area contributed by atoms with Crippen LogP contribution in [0, 0.1) is 5.92 Å². The van der Waals surface area contributed by atoms with Crippen molar-refractivity contribution in [2.75, 3.05) is 7.11 Å². The summed E-state index contributed by atoms with van der Waals surface area (Å²) >= 11 is 0. The largest absolute Gasteiger partial charge is 0.497 e. The fourth-order valence-corrected chi connectivity index (χ4v) is 1.43. The van der Waals surface area contributed by atoms with Gasteiger partial charge in [-0.3, -0.25) is 0 Å². The van der Waals surface area contributed by atoms with E-state index in [0.29, 0.717) is 6.61 Å². The lowest BCUT2D eigenvalue weighted by atomic mass is 10.1. The van der Waals surface area contributed by atoms with Gasteiger partial charge in [0, 0.05) is 5.92 Å². The second kappa shape index (κ2) is 6.86. The van der Waals surface area contributed by atoms with Crippen LogP contribution < -0.4 is 4.74 Å². The molecule has 0 aromatic heterocycles. The third kappa shape index (κ3) is 4.04. The number of carbonyl (C=O) groups is 1. The average molecular weight is 234 g/mol. The van der Waals surface area contributed by atoms with E-state index in [2.05, 4.69) is 6.58 Å². The zero-order valence-corrected chi connectivity index (χ0v) is 10.3. The highest BCUT2D eigenvalue weighted by molar-refractivity contribution is 5.54. The van der Waals surface area contributed by atoms with Crippen molar-refractivity contribution in [1.82, 2.24) is 0 Å². The van der Waals surface area contributed by atoms with Gasteiger partial charge >= 0.3 is 0 Å². The first kappa shape index (κ1) is 13.5. The molecule has 0 unspecified atom stereocenters. The van der Waals surface area contributed by atoms with Crippen LogP contribution >= 0.6 is 0 Å². The molecule has 3 nitrogen and oxygen atoms in total. The van der Waals surface area contributed by atoms with E-state index in [1.165, 1.54) is 0 Å². The van der Waals surface area contributed by atoms with Gasteiger partial charge in [0.05, 0.1) is 19.8 Å². The maximum Gasteiger partial charge on any atom is 0.125 e. The molecule has 1 rings (SSSR count). The van der Waals surface area contributed by atoms with Crippen LogP contribution in [-0.2, 0) is 16.1 Å². The number of methoxy groups -OCH3 is 1. The topological polar surface area (TPSA) is 35.5 Å². The number of rotatable bonds is 7. The lowest BCUT2D eigenvalue weighted by Gasteiger charge is -2.16. The molecule has 3 heteroatoms. The normalized spacial score (nSPS) is 13.8. The number of hydrogen-bond acceptors (Lipinski definition) is 3. The molecule has 2 atom stereocenters. The summed E-state index contributed by atoms with van der Waals surface area (Å²) in [5, 5.41) is 0. The number of ether oxygens (including phenoxy) is 2. The van der Waals surface area contributed by atoms with Crippen LogP contribution in [0.2, 0.25) is 0 Å². The fourth-order valence-electron chi connectivity index (χ4n) is 1.43. The van der Waals surface area contributed by atoms with Crippen LogP contribution in [-0.4, -0.2) is 19.5 Å². The predicted molar refractivity (Wildman–Crippen MR) is 67.0 cm³/mol. The molecule has 0 saturated carbocycles. The summed E-state index contributed by atoms with van der Waals surface area (Å²) in [4.78, 5) is 10.7.